The molecule has 43 heavy (non-hydrogen) atoms. The van der Waals surface area contributed by atoms with Crippen molar-refractivity contribution in [1.29, 1.82) is 0 Å². The summed E-state index contributed by atoms with van der Waals surface area (Å²) in [6.07, 6.45) is 1.55. The molecule has 4 aromatic carbocycles. The number of hydrogen-bond donors (Lipinski definition) is 3. The molecule has 3 amide bonds. The van der Waals surface area contributed by atoms with Gasteiger partial charge in [-0.3, -0.25) is 24.5 Å². The van der Waals surface area contributed by atoms with Crippen molar-refractivity contribution in [2.75, 3.05) is 10.6 Å². The Kier molecular flexibility index (Phi) is 10.3. The minimum atomic E-state index is -0.541. The van der Waals surface area contributed by atoms with Gasteiger partial charge < -0.3 is 16.0 Å². The quantitative estimate of drug-likeness (QED) is 0.0757. The van der Waals surface area contributed by atoms with Gasteiger partial charge in [0.05, 0.1) is 10.2 Å². The molecule has 0 bridgehead atoms. The summed E-state index contributed by atoms with van der Waals surface area (Å²) in [6.45, 7) is 3.42. The van der Waals surface area contributed by atoms with E-state index in [0.717, 1.165) is 4.90 Å². The second kappa shape index (κ2) is 14.3. The van der Waals surface area contributed by atoms with Crippen LogP contribution in [-0.2, 0) is 9.59 Å². The van der Waals surface area contributed by atoms with E-state index in [1.54, 1.807) is 92.7 Å². The fraction of sp³-hybridized carbons (Fsp3) is 0.0938. The molecule has 0 aromatic heterocycles. The number of benzene rings is 4. The highest BCUT2D eigenvalue weighted by molar-refractivity contribution is 8.00. The average Bonchev–Trinajstić information content (AvgIpc) is 2.99. The summed E-state index contributed by atoms with van der Waals surface area (Å²) < 4.78 is 0. The average molecular weight is 615 g/mol. The van der Waals surface area contributed by atoms with E-state index in [1.807, 2.05) is 6.07 Å². The summed E-state index contributed by atoms with van der Waals surface area (Å²) in [6, 6.07) is 26.6. The summed E-state index contributed by atoms with van der Waals surface area (Å²) in [5, 5.41) is 19.3. The highest BCUT2D eigenvalue weighted by Crippen LogP contribution is 2.28. The van der Waals surface area contributed by atoms with Gasteiger partial charge in [0.1, 0.15) is 5.70 Å². The Bertz CT molecular complexity index is 1690. The third-order valence-corrected chi connectivity index (χ3v) is 7.51. The lowest BCUT2D eigenvalue weighted by Gasteiger charge is -2.15. The number of nitro benzene ring substituents is 1. The molecular formula is C32H27ClN4O5S. The van der Waals surface area contributed by atoms with Crippen LogP contribution in [0.2, 0.25) is 5.02 Å². The van der Waals surface area contributed by atoms with Crippen molar-refractivity contribution >= 4 is 64.2 Å². The maximum atomic E-state index is 13.4. The largest absolute Gasteiger partial charge is 0.325 e. The van der Waals surface area contributed by atoms with Crippen molar-refractivity contribution in [2.45, 2.75) is 24.0 Å². The molecule has 9 nitrogen and oxygen atoms in total. The number of carbonyl (C=O) groups is 3. The van der Waals surface area contributed by atoms with Crippen LogP contribution in [-0.4, -0.2) is 27.9 Å². The number of thioether (sulfide) groups is 1. The third kappa shape index (κ3) is 8.78. The van der Waals surface area contributed by atoms with E-state index in [4.69, 9.17) is 11.6 Å². The van der Waals surface area contributed by atoms with Gasteiger partial charge in [0.2, 0.25) is 5.91 Å². The van der Waals surface area contributed by atoms with Crippen molar-refractivity contribution in [3.8, 4) is 0 Å². The van der Waals surface area contributed by atoms with Gasteiger partial charge >= 0.3 is 0 Å². The number of halogens is 1. The van der Waals surface area contributed by atoms with Gasteiger partial charge in [0, 0.05) is 39.0 Å². The summed E-state index contributed by atoms with van der Waals surface area (Å²) in [4.78, 5) is 50.3. The van der Waals surface area contributed by atoms with Crippen LogP contribution in [0.15, 0.2) is 108 Å². The molecule has 0 aliphatic carbocycles. The summed E-state index contributed by atoms with van der Waals surface area (Å²) in [5.41, 5.74) is 2.56. The molecule has 1 unspecified atom stereocenters. The lowest BCUT2D eigenvalue weighted by molar-refractivity contribution is -0.384. The smallest absolute Gasteiger partial charge is 0.272 e. The van der Waals surface area contributed by atoms with Gasteiger partial charge in [-0.1, -0.05) is 48.0 Å². The van der Waals surface area contributed by atoms with E-state index < -0.39 is 22.0 Å². The number of carbonyl (C=O) groups excluding carboxylic acids is 3. The van der Waals surface area contributed by atoms with Crippen molar-refractivity contribution in [3.05, 3.63) is 135 Å². The third-order valence-electron chi connectivity index (χ3n) is 6.16. The van der Waals surface area contributed by atoms with Crippen molar-refractivity contribution in [1.82, 2.24) is 5.32 Å². The molecule has 11 heteroatoms. The predicted octanol–water partition coefficient (Wildman–Crippen LogP) is 7.09. The zero-order chi connectivity index (χ0) is 30.9. The Balaban J connectivity index is 1.46. The number of aryl methyl sites for hydroxylation is 1. The second-order valence-electron chi connectivity index (χ2n) is 9.42. The standard InChI is InChI=1S/C32H27ClN4O5S/c1-20-17-26(37(41)42)15-16-28(20)35-30(38)21(2)43-27-10-6-9-25(19-27)34-32(40)29(18-22-11-13-24(33)14-12-22)36-31(39)23-7-4-3-5-8-23/h3-19,21H,1-2H3,(H,34,40)(H,35,38)(H,36,39)/b29-18-. The minimum Gasteiger partial charge on any atom is -0.325 e. The molecular weight excluding hydrogens is 588 g/mol. The summed E-state index contributed by atoms with van der Waals surface area (Å²) in [7, 11) is 0. The lowest BCUT2D eigenvalue weighted by atomic mass is 10.1. The zero-order valence-electron chi connectivity index (χ0n) is 23.2. The summed E-state index contributed by atoms with van der Waals surface area (Å²) in [5.74, 6) is -1.27. The molecule has 0 aliphatic rings. The molecule has 1 atom stereocenters. The Morgan fingerprint density at radius 3 is 2.30 bits per heavy atom. The Morgan fingerprint density at radius 1 is 0.907 bits per heavy atom. The van der Waals surface area contributed by atoms with Gasteiger partial charge in [-0.15, -0.1) is 11.8 Å². The van der Waals surface area contributed by atoms with Crippen LogP contribution in [0.4, 0.5) is 17.1 Å². The van der Waals surface area contributed by atoms with E-state index in [2.05, 4.69) is 16.0 Å². The van der Waals surface area contributed by atoms with Gasteiger partial charge in [0.25, 0.3) is 17.5 Å². The van der Waals surface area contributed by atoms with Crippen LogP contribution in [0.25, 0.3) is 6.08 Å². The van der Waals surface area contributed by atoms with Crippen LogP contribution >= 0.6 is 23.4 Å². The molecule has 0 saturated carbocycles. The number of nitro groups is 1. The first-order valence-electron chi connectivity index (χ1n) is 13.1. The molecule has 0 spiro atoms. The molecule has 218 valence electrons. The van der Waals surface area contributed by atoms with Crippen LogP contribution in [0.3, 0.4) is 0 Å². The molecule has 4 aromatic rings. The highest BCUT2D eigenvalue weighted by atomic mass is 35.5. The Labute approximate surface area is 257 Å². The van der Waals surface area contributed by atoms with Crippen molar-refractivity contribution < 1.29 is 19.3 Å². The monoisotopic (exact) mass is 614 g/mol. The Hall–Kier alpha value is -4.93. The van der Waals surface area contributed by atoms with E-state index in [0.29, 0.717) is 33.1 Å². The van der Waals surface area contributed by atoms with Crippen LogP contribution in [0.5, 0.6) is 0 Å². The fourth-order valence-electron chi connectivity index (χ4n) is 3.91. The van der Waals surface area contributed by atoms with E-state index in [-0.39, 0.29) is 17.3 Å². The molecule has 0 heterocycles. The lowest BCUT2D eigenvalue weighted by Crippen LogP contribution is -2.30. The van der Waals surface area contributed by atoms with Gasteiger partial charge in [-0.25, -0.2) is 0 Å². The normalized spacial score (nSPS) is 11.7. The first-order chi connectivity index (χ1) is 20.6. The molecule has 0 aliphatic heterocycles. The van der Waals surface area contributed by atoms with Crippen LogP contribution in [0, 0.1) is 17.0 Å². The molecule has 0 fully saturated rings. The number of nitrogens with one attached hydrogen (secondary N) is 3. The molecule has 4 rings (SSSR count). The first-order valence-corrected chi connectivity index (χ1v) is 14.3. The fourth-order valence-corrected chi connectivity index (χ4v) is 4.96. The van der Waals surface area contributed by atoms with Crippen LogP contribution in [0.1, 0.15) is 28.4 Å². The molecule has 0 saturated heterocycles. The molecule has 0 radical (unpaired) electrons. The van der Waals surface area contributed by atoms with E-state index >= 15 is 0 Å². The van der Waals surface area contributed by atoms with Crippen molar-refractivity contribution in [2.24, 2.45) is 0 Å². The zero-order valence-corrected chi connectivity index (χ0v) is 24.7. The van der Waals surface area contributed by atoms with E-state index in [9.17, 15) is 24.5 Å². The van der Waals surface area contributed by atoms with Crippen LogP contribution < -0.4 is 16.0 Å². The molecule has 3 N–H and O–H groups in total. The number of rotatable bonds is 10. The van der Waals surface area contributed by atoms with Gasteiger partial charge in [0.15, 0.2) is 0 Å². The number of hydrogen-bond acceptors (Lipinski definition) is 6. The van der Waals surface area contributed by atoms with Gasteiger partial charge in [-0.2, -0.15) is 0 Å². The number of amides is 3. The highest BCUT2D eigenvalue weighted by Gasteiger charge is 2.18. The first kappa shape index (κ1) is 31.0. The second-order valence-corrected chi connectivity index (χ2v) is 11.3. The van der Waals surface area contributed by atoms with Gasteiger partial charge in [-0.05, 0) is 79.6 Å². The SMILES string of the molecule is Cc1cc([N+](=O)[O-])ccc1NC(=O)C(C)Sc1cccc(NC(=O)/C(=C/c2ccc(Cl)cc2)NC(=O)c2ccccc2)c1. The Morgan fingerprint density at radius 2 is 1.63 bits per heavy atom. The van der Waals surface area contributed by atoms with Crippen molar-refractivity contribution in [3.63, 3.8) is 0 Å². The minimum absolute atomic E-state index is 0.0282. The number of nitrogens with zero attached hydrogens (tertiary/aromatic N) is 1. The number of non-ortho nitro benzene ring substituents is 1. The number of anilines is 2. The maximum Gasteiger partial charge on any atom is 0.272 e. The predicted molar refractivity (Wildman–Crippen MR) is 170 cm³/mol. The van der Waals surface area contributed by atoms with E-state index in [1.165, 1.54) is 30.0 Å². The maximum absolute atomic E-state index is 13.4. The summed E-state index contributed by atoms with van der Waals surface area (Å²) >= 11 is 7.27. The topological polar surface area (TPSA) is 130 Å².